The van der Waals surface area contributed by atoms with Crippen molar-refractivity contribution in [3.8, 4) is 5.75 Å². The van der Waals surface area contributed by atoms with E-state index in [1.54, 1.807) is 6.07 Å². The highest BCUT2D eigenvalue weighted by Gasteiger charge is 2.22. The van der Waals surface area contributed by atoms with Gasteiger partial charge in [-0.15, -0.1) is 0 Å². The molecule has 0 heterocycles. The normalized spacial score (nSPS) is 22.8. The molecule has 0 radical (unpaired) electrons. The third-order valence-corrected chi connectivity index (χ3v) is 4.35. The lowest BCUT2D eigenvalue weighted by Gasteiger charge is -2.16. The van der Waals surface area contributed by atoms with Gasteiger partial charge in [-0.3, -0.25) is 0 Å². The molecule has 2 aliphatic carbocycles. The minimum atomic E-state index is 0.379. The first-order valence-corrected chi connectivity index (χ1v) is 7.50. The zero-order valence-electron chi connectivity index (χ0n) is 11.4. The molecule has 19 heavy (non-hydrogen) atoms. The maximum atomic E-state index is 9.48. The predicted molar refractivity (Wildman–Crippen MR) is 75.4 cm³/mol. The smallest absolute Gasteiger partial charge is 0.115 e. The first-order chi connectivity index (χ1) is 9.33. The van der Waals surface area contributed by atoms with Gasteiger partial charge in [-0.1, -0.05) is 18.9 Å². The van der Waals surface area contributed by atoms with Gasteiger partial charge in [0.2, 0.25) is 0 Å². The molecule has 1 saturated carbocycles. The number of phenols is 1. The Hall–Kier alpha value is -1.06. The van der Waals surface area contributed by atoms with Gasteiger partial charge in [-0.2, -0.15) is 0 Å². The molecule has 3 nitrogen and oxygen atoms in total. The molecule has 0 amide bonds. The Morgan fingerprint density at radius 2 is 2.05 bits per heavy atom. The summed E-state index contributed by atoms with van der Waals surface area (Å²) in [5.41, 5.74) is 2.63. The molecule has 1 atom stereocenters. The molecule has 0 saturated heterocycles. The standard InChI is InChI=1S/C16H23NO2/c18-13-6-7-15-12(11-13)5-8-16(15)17-9-10-19-14-3-1-2-4-14/h6-7,11,14,16-18H,1-5,8-10H2. The van der Waals surface area contributed by atoms with Gasteiger partial charge in [0.1, 0.15) is 5.75 Å². The fourth-order valence-electron chi connectivity index (χ4n) is 3.33. The molecule has 1 aromatic rings. The maximum Gasteiger partial charge on any atom is 0.115 e. The van der Waals surface area contributed by atoms with Crippen molar-refractivity contribution in [2.45, 2.75) is 50.7 Å². The van der Waals surface area contributed by atoms with Crippen LogP contribution in [0.25, 0.3) is 0 Å². The zero-order chi connectivity index (χ0) is 13.1. The van der Waals surface area contributed by atoms with Crippen molar-refractivity contribution >= 4 is 0 Å². The molecule has 0 aromatic heterocycles. The van der Waals surface area contributed by atoms with Crippen LogP contribution in [0.4, 0.5) is 0 Å². The van der Waals surface area contributed by atoms with Crippen LogP contribution in [-0.2, 0) is 11.2 Å². The Morgan fingerprint density at radius 1 is 1.21 bits per heavy atom. The molecule has 0 spiro atoms. The van der Waals surface area contributed by atoms with Gasteiger partial charge in [0.25, 0.3) is 0 Å². The van der Waals surface area contributed by atoms with Crippen molar-refractivity contribution in [2.75, 3.05) is 13.2 Å². The molecule has 1 unspecified atom stereocenters. The molecule has 104 valence electrons. The summed E-state index contributed by atoms with van der Waals surface area (Å²) in [5.74, 6) is 0.379. The van der Waals surface area contributed by atoms with E-state index in [-0.39, 0.29) is 0 Å². The molecule has 3 heteroatoms. The predicted octanol–water partition coefficient (Wildman–Crippen LogP) is 2.93. The van der Waals surface area contributed by atoms with Crippen LogP contribution in [-0.4, -0.2) is 24.4 Å². The van der Waals surface area contributed by atoms with E-state index < -0.39 is 0 Å². The summed E-state index contributed by atoms with van der Waals surface area (Å²) in [7, 11) is 0. The maximum absolute atomic E-state index is 9.48. The Labute approximate surface area is 115 Å². The molecular formula is C16H23NO2. The summed E-state index contributed by atoms with van der Waals surface area (Å²) in [4.78, 5) is 0. The number of hydrogen-bond acceptors (Lipinski definition) is 3. The molecule has 1 aromatic carbocycles. The number of benzene rings is 1. The molecule has 2 N–H and O–H groups in total. The lowest BCUT2D eigenvalue weighted by Crippen LogP contribution is -2.25. The molecule has 3 rings (SSSR count). The minimum Gasteiger partial charge on any atom is -0.508 e. The van der Waals surface area contributed by atoms with Crippen LogP contribution in [0.2, 0.25) is 0 Å². The van der Waals surface area contributed by atoms with E-state index in [2.05, 4.69) is 5.32 Å². The van der Waals surface area contributed by atoms with Crippen LogP contribution >= 0.6 is 0 Å². The third-order valence-electron chi connectivity index (χ3n) is 4.35. The van der Waals surface area contributed by atoms with Crippen molar-refractivity contribution in [3.05, 3.63) is 29.3 Å². The lowest BCUT2D eigenvalue weighted by atomic mass is 10.1. The Kier molecular flexibility index (Phi) is 4.04. The summed E-state index contributed by atoms with van der Waals surface area (Å²) >= 11 is 0. The van der Waals surface area contributed by atoms with Gasteiger partial charge < -0.3 is 15.2 Å². The molecule has 1 fully saturated rings. The Bertz CT molecular complexity index is 427. The quantitative estimate of drug-likeness (QED) is 0.801. The topological polar surface area (TPSA) is 41.5 Å². The van der Waals surface area contributed by atoms with Crippen molar-refractivity contribution in [2.24, 2.45) is 0 Å². The fraction of sp³-hybridized carbons (Fsp3) is 0.625. The molecular weight excluding hydrogens is 238 g/mol. The Morgan fingerprint density at radius 3 is 2.89 bits per heavy atom. The number of ether oxygens (including phenoxy) is 1. The average Bonchev–Trinajstić information content (AvgIpc) is 3.03. The van der Waals surface area contributed by atoms with Crippen LogP contribution in [0.3, 0.4) is 0 Å². The van der Waals surface area contributed by atoms with E-state index >= 15 is 0 Å². The van der Waals surface area contributed by atoms with Crippen molar-refractivity contribution in [3.63, 3.8) is 0 Å². The van der Waals surface area contributed by atoms with Crippen molar-refractivity contribution in [1.82, 2.24) is 5.32 Å². The summed E-state index contributed by atoms with van der Waals surface area (Å²) in [6, 6.07) is 6.16. The van der Waals surface area contributed by atoms with E-state index in [9.17, 15) is 5.11 Å². The van der Waals surface area contributed by atoms with Gasteiger partial charge >= 0.3 is 0 Å². The highest BCUT2D eigenvalue weighted by atomic mass is 16.5. The number of nitrogens with one attached hydrogen (secondary N) is 1. The highest BCUT2D eigenvalue weighted by molar-refractivity contribution is 5.39. The zero-order valence-corrected chi connectivity index (χ0v) is 11.4. The first kappa shape index (κ1) is 12.9. The number of rotatable bonds is 5. The average molecular weight is 261 g/mol. The summed E-state index contributed by atoms with van der Waals surface area (Å²) in [6.07, 6.45) is 7.84. The van der Waals surface area contributed by atoms with E-state index in [0.29, 0.717) is 17.9 Å². The molecule has 2 aliphatic rings. The van der Waals surface area contributed by atoms with E-state index in [0.717, 1.165) is 26.0 Å². The number of phenolic OH excluding ortho intramolecular Hbond substituents is 1. The van der Waals surface area contributed by atoms with Crippen LogP contribution in [0.5, 0.6) is 5.75 Å². The third kappa shape index (κ3) is 3.10. The van der Waals surface area contributed by atoms with Crippen molar-refractivity contribution < 1.29 is 9.84 Å². The van der Waals surface area contributed by atoms with E-state index in [4.69, 9.17) is 4.74 Å². The SMILES string of the molecule is Oc1ccc2c(c1)CCC2NCCOC1CCCC1. The largest absolute Gasteiger partial charge is 0.508 e. The number of hydrogen-bond donors (Lipinski definition) is 2. The van der Waals surface area contributed by atoms with Gasteiger partial charge in [-0.25, -0.2) is 0 Å². The van der Waals surface area contributed by atoms with Crippen LogP contribution < -0.4 is 5.32 Å². The van der Waals surface area contributed by atoms with Crippen LogP contribution in [0.15, 0.2) is 18.2 Å². The monoisotopic (exact) mass is 261 g/mol. The van der Waals surface area contributed by atoms with Gasteiger partial charge in [0, 0.05) is 12.6 Å². The highest BCUT2D eigenvalue weighted by Crippen LogP contribution is 2.33. The van der Waals surface area contributed by atoms with Gasteiger partial charge in [0.05, 0.1) is 12.7 Å². The molecule has 0 aliphatic heterocycles. The number of fused-ring (bicyclic) bond motifs is 1. The molecule has 0 bridgehead atoms. The van der Waals surface area contributed by atoms with E-state index in [1.807, 2.05) is 12.1 Å². The summed E-state index contributed by atoms with van der Waals surface area (Å²) < 4.78 is 5.87. The van der Waals surface area contributed by atoms with Gasteiger partial charge in [-0.05, 0) is 48.9 Å². The minimum absolute atomic E-state index is 0.379. The summed E-state index contributed by atoms with van der Waals surface area (Å²) in [5, 5.41) is 13.1. The second kappa shape index (κ2) is 5.93. The number of aryl methyl sites for hydroxylation is 1. The number of aromatic hydroxyl groups is 1. The van der Waals surface area contributed by atoms with Crippen molar-refractivity contribution in [1.29, 1.82) is 0 Å². The Balaban J connectivity index is 1.44. The van der Waals surface area contributed by atoms with E-state index in [1.165, 1.54) is 36.8 Å². The second-order valence-corrected chi connectivity index (χ2v) is 5.71. The lowest BCUT2D eigenvalue weighted by molar-refractivity contribution is 0.0591. The summed E-state index contributed by atoms with van der Waals surface area (Å²) in [6.45, 7) is 1.73. The van der Waals surface area contributed by atoms with Crippen LogP contribution in [0, 0.1) is 0 Å². The second-order valence-electron chi connectivity index (χ2n) is 5.71. The first-order valence-electron chi connectivity index (χ1n) is 7.50. The van der Waals surface area contributed by atoms with Crippen LogP contribution in [0.1, 0.15) is 49.3 Å². The van der Waals surface area contributed by atoms with Gasteiger partial charge in [0.15, 0.2) is 0 Å². The fourth-order valence-corrected chi connectivity index (χ4v) is 3.33.